The van der Waals surface area contributed by atoms with Crippen LogP contribution in [-0.2, 0) is 13.0 Å². The van der Waals surface area contributed by atoms with E-state index in [1.165, 1.54) is 0 Å². The minimum absolute atomic E-state index is 0.0951. The highest BCUT2D eigenvalue weighted by Gasteiger charge is 2.11. The monoisotopic (exact) mass is 443 g/mol. The molecule has 28 heavy (non-hydrogen) atoms. The lowest BCUT2D eigenvalue weighted by Gasteiger charge is -2.12. The third kappa shape index (κ3) is 4.92. The average Bonchev–Trinajstić information content (AvgIpc) is 3.22. The van der Waals surface area contributed by atoms with Crippen LogP contribution in [-0.4, -0.2) is 36.5 Å². The van der Waals surface area contributed by atoms with Gasteiger partial charge in [-0.2, -0.15) is 5.10 Å². The van der Waals surface area contributed by atoms with Crippen molar-refractivity contribution in [1.29, 1.82) is 0 Å². The number of rotatable bonds is 8. The topological polar surface area (TPSA) is 65.4 Å². The quantitative estimate of drug-likeness (QED) is 0.576. The fourth-order valence-corrected chi connectivity index (χ4v) is 3.36. The van der Waals surface area contributed by atoms with Crippen molar-refractivity contribution in [2.45, 2.75) is 13.0 Å². The number of aromatic nitrogens is 2. The van der Waals surface area contributed by atoms with Gasteiger partial charge in [-0.25, -0.2) is 0 Å². The molecule has 7 heteroatoms. The fraction of sp³-hybridized carbons (Fsp3) is 0.238. The molecule has 0 saturated heterocycles. The fourth-order valence-electron chi connectivity index (χ4n) is 2.84. The van der Waals surface area contributed by atoms with Crippen molar-refractivity contribution in [1.82, 2.24) is 15.1 Å². The van der Waals surface area contributed by atoms with Crippen molar-refractivity contribution in [3.8, 4) is 11.5 Å². The van der Waals surface area contributed by atoms with E-state index < -0.39 is 0 Å². The molecule has 0 fully saturated rings. The van der Waals surface area contributed by atoms with Gasteiger partial charge in [0.1, 0.15) is 0 Å². The van der Waals surface area contributed by atoms with Gasteiger partial charge in [-0.3, -0.25) is 9.48 Å². The maximum atomic E-state index is 12.4. The van der Waals surface area contributed by atoms with Gasteiger partial charge in [-0.05, 0) is 47.9 Å². The molecule has 0 bridgehead atoms. The largest absolute Gasteiger partial charge is 0.493 e. The second kappa shape index (κ2) is 9.41. The lowest BCUT2D eigenvalue weighted by molar-refractivity contribution is 0.0954. The number of halogens is 1. The molecule has 2 aromatic carbocycles. The van der Waals surface area contributed by atoms with Crippen LogP contribution in [0, 0.1) is 0 Å². The summed E-state index contributed by atoms with van der Waals surface area (Å²) in [7, 11) is 3.21. The Morgan fingerprint density at radius 1 is 1.14 bits per heavy atom. The second-order valence-corrected chi connectivity index (χ2v) is 7.06. The van der Waals surface area contributed by atoms with Crippen LogP contribution in [0.4, 0.5) is 0 Å². The van der Waals surface area contributed by atoms with E-state index in [0.29, 0.717) is 36.6 Å². The Hall–Kier alpha value is -2.80. The summed E-state index contributed by atoms with van der Waals surface area (Å²) >= 11 is 3.54. The van der Waals surface area contributed by atoms with Gasteiger partial charge < -0.3 is 14.8 Å². The first-order valence-electron chi connectivity index (χ1n) is 8.85. The molecule has 0 spiro atoms. The minimum atomic E-state index is -0.0951. The number of amides is 1. The molecule has 0 unspecified atom stereocenters. The third-order valence-corrected chi connectivity index (χ3v) is 5.09. The van der Waals surface area contributed by atoms with Gasteiger partial charge in [-0.15, -0.1) is 0 Å². The van der Waals surface area contributed by atoms with Crippen LogP contribution in [0.2, 0.25) is 0 Å². The van der Waals surface area contributed by atoms with E-state index in [2.05, 4.69) is 26.3 Å². The molecular formula is C21H22BrN3O3. The zero-order chi connectivity index (χ0) is 19.9. The van der Waals surface area contributed by atoms with Crippen molar-refractivity contribution in [3.05, 3.63) is 76.0 Å². The van der Waals surface area contributed by atoms with Crippen molar-refractivity contribution in [3.63, 3.8) is 0 Å². The molecule has 0 aliphatic carbocycles. The molecule has 3 aromatic rings. The van der Waals surface area contributed by atoms with Gasteiger partial charge in [-0.1, -0.05) is 28.1 Å². The predicted octanol–water partition coefficient (Wildman–Crippen LogP) is 3.68. The second-order valence-electron chi connectivity index (χ2n) is 6.21. The van der Waals surface area contributed by atoms with E-state index in [-0.39, 0.29) is 5.91 Å². The van der Waals surface area contributed by atoms with Gasteiger partial charge >= 0.3 is 0 Å². The molecule has 0 radical (unpaired) electrons. The van der Waals surface area contributed by atoms with E-state index in [1.54, 1.807) is 20.4 Å². The number of nitrogens with zero attached hydrogens (tertiary/aromatic N) is 2. The van der Waals surface area contributed by atoms with Gasteiger partial charge in [0.25, 0.3) is 5.91 Å². The molecule has 6 nitrogen and oxygen atoms in total. The van der Waals surface area contributed by atoms with Gasteiger partial charge in [0, 0.05) is 29.0 Å². The van der Waals surface area contributed by atoms with Gasteiger partial charge in [0.05, 0.1) is 20.8 Å². The Kier molecular flexibility index (Phi) is 6.71. The van der Waals surface area contributed by atoms with E-state index in [9.17, 15) is 4.79 Å². The van der Waals surface area contributed by atoms with E-state index in [1.807, 2.05) is 53.3 Å². The van der Waals surface area contributed by atoms with Crippen LogP contribution in [0.1, 0.15) is 21.5 Å². The Bertz CT molecular complexity index is 925. The summed E-state index contributed by atoms with van der Waals surface area (Å²) in [4.78, 5) is 12.4. The lowest BCUT2D eigenvalue weighted by atomic mass is 10.1. The normalized spacial score (nSPS) is 10.5. The van der Waals surface area contributed by atoms with Crippen LogP contribution in [0.3, 0.4) is 0 Å². The summed E-state index contributed by atoms with van der Waals surface area (Å²) in [6.07, 6.45) is 4.33. The number of ether oxygens (including phenoxy) is 2. The standard InChI is InChI=1S/C21H22BrN3O3/c1-27-19-12-17(18(22)13-20(19)28-2)8-10-23-21(26)16-6-4-15(5-7-16)14-25-11-3-9-24-25/h3-7,9,11-13H,8,10,14H2,1-2H3,(H,23,26). The summed E-state index contributed by atoms with van der Waals surface area (Å²) in [6.45, 7) is 1.20. The maximum absolute atomic E-state index is 12.4. The van der Waals surface area contributed by atoms with Gasteiger partial charge in [0.2, 0.25) is 0 Å². The molecule has 1 heterocycles. The van der Waals surface area contributed by atoms with E-state index >= 15 is 0 Å². The number of hydrogen-bond donors (Lipinski definition) is 1. The maximum Gasteiger partial charge on any atom is 0.251 e. The number of benzene rings is 2. The molecule has 0 atom stereocenters. The smallest absolute Gasteiger partial charge is 0.251 e. The summed E-state index contributed by atoms with van der Waals surface area (Å²) in [6, 6.07) is 13.2. The number of carbonyl (C=O) groups excluding carboxylic acids is 1. The number of nitrogens with one attached hydrogen (secondary N) is 1. The predicted molar refractivity (Wildman–Crippen MR) is 111 cm³/mol. The first kappa shape index (κ1) is 19.9. The van der Waals surface area contributed by atoms with Crippen LogP contribution in [0.5, 0.6) is 11.5 Å². The highest BCUT2D eigenvalue weighted by atomic mass is 79.9. The van der Waals surface area contributed by atoms with E-state index in [0.717, 1.165) is 15.6 Å². The Morgan fingerprint density at radius 2 is 1.86 bits per heavy atom. The molecule has 3 rings (SSSR count). The average molecular weight is 444 g/mol. The number of methoxy groups -OCH3 is 2. The SMILES string of the molecule is COc1cc(Br)c(CCNC(=O)c2ccc(Cn3cccn3)cc2)cc1OC. The van der Waals surface area contributed by atoms with Crippen LogP contribution >= 0.6 is 15.9 Å². The molecule has 1 amide bonds. The molecule has 0 aliphatic heterocycles. The zero-order valence-corrected chi connectivity index (χ0v) is 17.4. The van der Waals surface area contributed by atoms with Crippen molar-refractivity contribution in [2.75, 3.05) is 20.8 Å². The van der Waals surface area contributed by atoms with Crippen molar-refractivity contribution < 1.29 is 14.3 Å². The molecule has 0 saturated carbocycles. The van der Waals surface area contributed by atoms with Crippen LogP contribution in [0.15, 0.2) is 59.3 Å². The molecular weight excluding hydrogens is 422 g/mol. The molecule has 1 aromatic heterocycles. The van der Waals surface area contributed by atoms with E-state index in [4.69, 9.17) is 9.47 Å². The molecule has 1 N–H and O–H groups in total. The van der Waals surface area contributed by atoms with Crippen molar-refractivity contribution >= 4 is 21.8 Å². The van der Waals surface area contributed by atoms with Crippen LogP contribution in [0.25, 0.3) is 0 Å². The van der Waals surface area contributed by atoms with Crippen LogP contribution < -0.4 is 14.8 Å². The third-order valence-electron chi connectivity index (χ3n) is 4.35. The first-order chi connectivity index (χ1) is 13.6. The van der Waals surface area contributed by atoms with Gasteiger partial charge in [0.15, 0.2) is 11.5 Å². The minimum Gasteiger partial charge on any atom is -0.493 e. The highest BCUT2D eigenvalue weighted by molar-refractivity contribution is 9.10. The Balaban J connectivity index is 1.55. The number of carbonyl (C=O) groups is 1. The Labute approximate surface area is 172 Å². The lowest BCUT2D eigenvalue weighted by Crippen LogP contribution is -2.25. The summed E-state index contributed by atoms with van der Waals surface area (Å²) in [5.74, 6) is 1.24. The molecule has 0 aliphatic rings. The van der Waals surface area contributed by atoms with Crippen molar-refractivity contribution in [2.24, 2.45) is 0 Å². The first-order valence-corrected chi connectivity index (χ1v) is 9.65. The Morgan fingerprint density at radius 3 is 2.50 bits per heavy atom. The zero-order valence-electron chi connectivity index (χ0n) is 15.8. The highest BCUT2D eigenvalue weighted by Crippen LogP contribution is 2.33. The summed E-state index contributed by atoms with van der Waals surface area (Å²) in [5, 5.41) is 7.14. The summed E-state index contributed by atoms with van der Waals surface area (Å²) < 4.78 is 13.4. The number of hydrogen-bond acceptors (Lipinski definition) is 4. The summed E-state index contributed by atoms with van der Waals surface area (Å²) in [5.41, 5.74) is 2.76. The molecule has 146 valence electrons.